The molecule has 0 aliphatic heterocycles. The van der Waals surface area contributed by atoms with E-state index in [1.165, 1.54) is 0 Å². The van der Waals surface area contributed by atoms with Crippen LogP contribution in [0.15, 0.2) is 83.9 Å². The summed E-state index contributed by atoms with van der Waals surface area (Å²) in [5.74, 6) is -0.837. The first-order valence-corrected chi connectivity index (χ1v) is 9.78. The molecule has 150 valence electrons. The summed E-state index contributed by atoms with van der Waals surface area (Å²) in [5, 5.41) is 3.10. The number of alkyl halides is 3. The summed E-state index contributed by atoms with van der Waals surface area (Å²) in [6, 6.07) is 23.5. The van der Waals surface area contributed by atoms with E-state index in [0.29, 0.717) is 22.5 Å². The molecule has 0 saturated heterocycles. The molecule has 4 rings (SSSR count). The normalized spacial score (nSPS) is 12.5. The number of aliphatic imine (C=N–C) groups is 1. The van der Waals surface area contributed by atoms with E-state index in [4.69, 9.17) is 0 Å². The van der Waals surface area contributed by atoms with Crippen LogP contribution in [0.4, 0.5) is 18.9 Å². The van der Waals surface area contributed by atoms with Gasteiger partial charge in [-0.05, 0) is 47.1 Å². The van der Waals surface area contributed by atoms with Crippen LogP contribution in [0, 0.1) is 0 Å². The molecule has 0 amide bonds. The first-order chi connectivity index (χ1) is 14.5. The average molecular weight is 422 g/mol. The smallest absolute Gasteiger partial charge is 0.354 e. The molecule has 0 bridgehead atoms. The number of benzene rings is 3. The highest BCUT2D eigenvalue weighted by Crippen LogP contribution is 2.44. The molecule has 6 heteroatoms. The van der Waals surface area contributed by atoms with Crippen molar-refractivity contribution in [2.24, 2.45) is 4.99 Å². The van der Waals surface area contributed by atoms with E-state index in [1.807, 2.05) is 36.4 Å². The molecule has 4 aromatic rings. The summed E-state index contributed by atoms with van der Waals surface area (Å²) >= 11 is 4.63. The van der Waals surface area contributed by atoms with Gasteiger partial charge in [-0.25, -0.2) is 0 Å². The standard InChI is InChI=1S/C24H17F3N2S/c25-24(26,27)14-20(16-6-2-1-3-7-16)22-19-8-4-5-9-21(19)29-23(22)17-10-12-18(13-11-17)28-15-30/h1-13,20,29H,14H2. The molecule has 30 heavy (non-hydrogen) atoms. The maximum atomic E-state index is 13.6. The SMILES string of the molecule is FC(F)(F)CC(c1ccccc1)c1c(-c2ccc(N=C=S)cc2)[nH]c2ccccc12. The zero-order valence-electron chi connectivity index (χ0n) is 15.8. The maximum absolute atomic E-state index is 13.6. The van der Waals surface area contributed by atoms with E-state index in [0.717, 1.165) is 16.5 Å². The zero-order valence-corrected chi connectivity index (χ0v) is 16.6. The molecule has 1 atom stereocenters. The average Bonchev–Trinajstić information content (AvgIpc) is 3.12. The van der Waals surface area contributed by atoms with E-state index >= 15 is 0 Å². The van der Waals surface area contributed by atoms with Crippen molar-refractivity contribution in [2.75, 3.05) is 0 Å². The van der Waals surface area contributed by atoms with Gasteiger partial charge in [0.1, 0.15) is 0 Å². The Balaban J connectivity index is 1.95. The van der Waals surface area contributed by atoms with Crippen molar-refractivity contribution in [3.05, 3.63) is 90.0 Å². The molecular weight excluding hydrogens is 405 g/mol. The number of aromatic amines is 1. The van der Waals surface area contributed by atoms with Gasteiger partial charge in [-0.3, -0.25) is 0 Å². The minimum absolute atomic E-state index is 0.628. The second kappa shape index (κ2) is 8.27. The number of hydrogen-bond donors (Lipinski definition) is 1. The van der Waals surface area contributed by atoms with Crippen molar-refractivity contribution >= 4 is 34.0 Å². The van der Waals surface area contributed by atoms with Crippen molar-refractivity contribution in [3.8, 4) is 11.3 Å². The fourth-order valence-electron chi connectivity index (χ4n) is 3.81. The fourth-order valence-corrected chi connectivity index (χ4v) is 3.92. The topological polar surface area (TPSA) is 28.1 Å². The van der Waals surface area contributed by atoms with Gasteiger partial charge in [0.25, 0.3) is 0 Å². The number of fused-ring (bicyclic) bond motifs is 1. The Morgan fingerprint density at radius 1 is 0.900 bits per heavy atom. The van der Waals surface area contributed by atoms with Crippen molar-refractivity contribution in [2.45, 2.75) is 18.5 Å². The molecule has 2 nitrogen and oxygen atoms in total. The van der Waals surface area contributed by atoms with Gasteiger partial charge < -0.3 is 4.98 Å². The minimum atomic E-state index is -4.31. The summed E-state index contributed by atoms with van der Waals surface area (Å²) in [6.45, 7) is 0. The van der Waals surface area contributed by atoms with Gasteiger partial charge in [0.2, 0.25) is 0 Å². The third-order valence-corrected chi connectivity index (χ3v) is 5.15. The quantitative estimate of drug-likeness (QED) is 0.260. The Morgan fingerprint density at radius 2 is 1.57 bits per heavy atom. The lowest BCUT2D eigenvalue weighted by atomic mass is 9.85. The molecule has 1 heterocycles. The fraction of sp³-hybridized carbons (Fsp3) is 0.125. The molecule has 0 fully saturated rings. The number of hydrogen-bond acceptors (Lipinski definition) is 2. The number of halogens is 3. The number of thiocarbonyl (C=S) groups is 1. The van der Waals surface area contributed by atoms with Crippen LogP contribution in [0.25, 0.3) is 22.2 Å². The molecule has 0 aliphatic rings. The van der Waals surface area contributed by atoms with Crippen LogP contribution < -0.4 is 0 Å². The number of H-pyrrole nitrogens is 1. The monoisotopic (exact) mass is 422 g/mol. The van der Waals surface area contributed by atoms with E-state index in [1.54, 1.807) is 42.5 Å². The summed E-state index contributed by atoms with van der Waals surface area (Å²) in [7, 11) is 0. The third kappa shape index (κ3) is 4.20. The van der Waals surface area contributed by atoms with Crippen LogP contribution in [0.5, 0.6) is 0 Å². The van der Waals surface area contributed by atoms with Crippen molar-refractivity contribution in [3.63, 3.8) is 0 Å². The van der Waals surface area contributed by atoms with Crippen LogP contribution in [0.1, 0.15) is 23.5 Å². The number of rotatable bonds is 5. The zero-order chi connectivity index (χ0) is 21.1. The van der Waals surface area contributed by atoms with Gasteiger partial charge in [0.05, 0.1) is 23.0 Å². The number of aromatic nitrogens is 1. The molecule has 1 aromatic heterocycles. The second-order valence-corrected chi connectivity index (χ2v) is 7.17. The number of nitrogens with zero attached hydrogens (tertiary/aromatic N) is 1. The molecule has 3 aromatic carbocycles. The van der Waals surface area contributed by atoms with Crippen molar-refractivity contribution < 1.29 is 13.2 Å². The van der Waals surface area contributed by atoms with Crippen molar-refractivity contribution in [1.82, 2.24) is 4.98 Å². The number of nitrogens with one attached hydrogen (secondary N) is 1. The van der Waals surface area contributed by atoms with Gasteiger partial charge in [-0.1, -0.05) is 60.7 Å². The molecule has 1 unspecified atom stereocenters. The lowest BCUT2D eigenvalue weighted by Crippen LogP contribution is -2.15. The summed E-state index contributed by atoms with van der Waals surface area (Å²) in [4.78, 5) is 7.28. The highest BCUT2D eigenvalue weighted by atomic mass is 32.1. The Morgan fingerprint density at radius 3 is 2.23 bits per heavy atom. The van der Waals surface area contributed by atoms with Gasteiger partial charge in [0, 0.05) is 16.8 Å². The van der Waals surface area contributed by atoms with Gasteiger partial charge >= 0.3 is 6.18 Å². The van der Waals surface area contributed by atoms with Gasteiger partial charge in [-0.2, -0.15) is 18.2 Å². The molecule has 0 aliphatic carbocycles. The molecule has 0 spiro atoms. The van der Waals surface area contributed by atoms with Crippen LogP contribution >= 0.6 is 12.2 Å². The van der Waals surface area contributed by atoms with E-state index in [9.17, 15) is 13.2 Å². The Hall–Kier alpha value is -3.21. The predicted octanol–water partition coefficient (Wildman–Crippen LogP) is 7.65. The highest BCUT2D eigenvalue weighted by molar-refractivity contribution is 7.78. The highest BCUT2D eigenvalue weighted by Gasteiger charge is 2.35. The summed E-state index contributed by atoms with van der Waals surface area (Å²) in [6.07, 6.45) is -5.26. The van der Waals surface area contributed by atoms with E-state index < -0.39 is 18.5 Å². The van der Waals surface area contributed by atoms with Crippen LogP contribution in [-0.2, 0) is 0 Å². The summed E-state index contributed by atoms with van der Waals surface area (Å²) in [5.41, 5.74) is 4.16. The first-order valence-electron chi connectivity index (χ1n) is 9.37. The second-order valence-electron chi connectivity index (χ2n) is 6.99. The third-order valence-electron chi connectivity index (χ3n) is 5.06. The van der Waals surface area contributed by atoms with Crippen LogP contribution in [0.3, 0.4) is 0 Å². The Bertz CT molecular complexity index is 1200. The van der Waals surface area contributed by atoms with Gasteiger partial charge in [-0.15, -0.1) is 0 Å². The Labute approximate surface area is 177 Å². The number of isothiocyanates is 1. The first kappa shape index (κ1) is 20.1. The largest absolute Gasteiger partial charge is 0.390 e. The Kier molecular flexibility index (Phi) is 5.53. The van der Waals surface area contributed by atoms with E-state index in [2.05, 4.69) is 27.4 Å². The molecule has 1 N–H and O–H groups in total. The summed E-state index contributed by atoms with van der Waals surface area (Å²) < 4.78 is 40.8. The maximum Gasteiger partial charge on any atom is 0.390 e. The predicted molar refractivity (Wildman–Crippen MR) is 117 cm³/mol. The van der Waals surface area contributed by atoms with Gasteiger partial charge in [0.15, 0.2) is 0 Å². The van der Waals surface area contributed by atoms with Crippen molar-refractivity contribution in [1.29, 1.82) is 0 Å². The lowest BCUT2D eigenvalue weighted by Gasteiger charge is -2.21. The molecule has 0 radical (unpaired) electrons. The lowest BCUT2D eigenvalue weighted by molar-refractivity contribution is -0.136. The van der Waals surface area contributed by atoms with Crippen LogP contribution in [-0.4, -0.2) is 16.3 Å². The van der Waals surface area contributed by atoms with Crippen LogP contribution in [0.2, 0.25) is 0 Å². The number of para-hydroxylation sites is 1. The minimum Gasteiger partial charge on any atom is -0.354 e. The molecular formula is C24H17F3N2S. The molecule has 0 saturated carbocycles. The van der Waals surface area contributed by atoms with E-state index in [-0.39, 0.29) is 0 Å².